The van der Waals surface area contributed by atoms with E-state index < -0.39 is 0 Å². The number of ether oxygens (including phenoxy) is 1. The molecule has 7 heteroatoms. The molecular weight excluding hydrogens is 422 g/mol. The number of amidine groups is 1. The molecule has 3 aliphatic rings. The van der Waals surface area contributed by atoms with Gasteiger partial charge in [-0.05, 0) is 48.7 Å². The number of rotatable bonds is 4. The van der Waals surface area contributed by atoms with Crippen LogP contribution in [0.3, 0.4) is 0 Å². The van der Waals surface area contributed by atoms with Crippen LogP contribution < -0.4 is 4.90 Å². The number of amides is 1. The molecule has 1 aromatic carbocycles. The summed E-state index contributed by atoms with van der Waals surface area (Å²) in [4.78, 5) is 23.2. The Labute approximate surface area is 193 Å². The van der Waals surface area contributed by atoms with Crippen LogP contribution in [0.1, 0.15) is 38.4 Å². The van der Waals surface area contributed by atoms with Crippen LogP contribution in [0.5, 0.6) is 0 Å². The fourth-order valence-electron chi connectivity index (χ4n) is 4.65. The summed E-state index contributed by atoms with van der Waals surface area (Å²) in [6.45, 7) is 5.31. The molecule has 3 heterocycles. The zero-order valence-corrected chi connectivity index (χ0v) is 19.2. The van der Waals surface area contributed by atoms with Gasteiger partial charge in [0.1, 0.15) is 5.76 Å². The highest BCUT2D eigenvalue weighted by Gasteiger charge is 2.41. The summed E-state index contributed by atoms with van der Waals surface area (Å²) in [6, 6.07) is 14.0. The first-order valence-electron chi connectivity index (χ1n) is 11.5. The molecule has 1 aliphatic carbocycles. The summed E-state index contributed by atoms with van der Waals surface area (Å²) in [5.74, 6) is 2.02. The minimum Gasteiger partial charge on any atom is -0.441 e. The number of carbonyl (C=O) groups is 1. The predicted molar refractivity (Wildman–Crippen MR) is 129 cm³/mol. The molecule has 2 atom stereocenters. The molecule has 0 radical (unpaired) electrons. The van der Waals surface area contributed by atoms with Crippen LogP contribution in [-0.2, 0) is 9.53 Å². The van der Waals surface area contributed by atoms with Crippen molar-refractivity contribution in [2.24, 2.45) is 10.9 Å². The number of furan rings is 1. The number of hydrogen-bond donors (Lipinski definition) is 0. The van der Waals surface area contributed by atoms with E-state index in [9.17, 15) is 4.79 Å². The number of hydrogen-bond acceptors (Lipinski definition) is 6. The molecule has 0 unspecified atom stereocenters. The lowest BCUT2D eigenvalue weighted by Gasteiger charge is -2.35. The van der Waals surface area contributed by atoms with Gasteiger partial charge in [0.2, 0.25) is 0 Å². The maximum Gasteiger partial charge on any atom is 0.267 e. The lowest BCUT2D eigenvalue weighted by atomic mass is 9.85. The first-order chi connectivity index (χ1) is 15.7. The van der Waals surface area contributed by atoms with Crippen LogP contribution in [0.2, 0.25) is 0 Å². The monoisotopic (exact) mass is 451 g/mol. The number of benzene rings is 1. The van der Waals surface area contributed by atoms with Gasteiger partial charge >= 0.3 is 0 Å². The van der Waals surface area contributed by atoms with E-state index in [2.05, 4.69) is 11.8 Å². The van der Waals surface area contributed by atoms with E-state index >= 15 is 0 Å². The van der Waals surface area contributed by atoms with Crippen molar-refractivity contribution in [2.45, 2.75) is 38.6 Å². The van der Waals surface area contributed by atoms with Crippen molar-refractivity contribution >= 4 is 40.5 Å². The Hall–Kier alpha value is -2.51. The highest BCUT2D eigenvalue weighted by molar-refractivity contribution is 8.18. The quantitative estimate of drug-likeness (QED) is 0.591. The lowest BCUT2D eigenvalue weighted by molar-refractivity contribution is -0.124. The van der Waals surface area contributed by atoms with Gasteiger partial charge in [0, 0.05) is 31.3 Å². The van der Waals surface area contributed by atoms with E-state index in [1.807, 2.05) is 53.4 Å². The van der Waals surface area contributed by atoms with Crippen molar-refractivity contribution in [1.29, 1.82) is 0 Å². The van der Waals surface area contributed by atoms with Crippen molar-refractivity contribution in [3.8, 4) is 0 Å². The van der Waals surface area contributed by atoms with Gasteiger partial charge in [-0.15, -0.1) is 0 Å². The second-order valence-corrected chi connectivity index (χ2v) is 9.63. The van der Waals surface area contributed by atoms with Crippen LogP contribution in [0.4, 0.5) is 11.6 Å². The number of morpholine rings is 1. The summed E-state index contributed by atoms with van der Waals surface area (Å²) in [6.07, 6.45) is 6.43. The highest BCUT2D eigenvalue weighted by atomic mass is 32.2. The average Bonchev–Trinajstić information content (AvgIpc) is 3.41. The second-order valence-electron chi connectivity index (χ2n) is 8.62. The molecule has 6 nitrogen and oxygen atoms in total. The third-order valence-electron chi connectivity index (χ3n) is 6.42. The van der Waals surface area contributed by atoms with Gasteiger partial charge in [-0.2, -0.15) is 0 Å². The minimum atomic E-state index is 0.0350. The molecule has 2 saturated heterocycles. The number of carbonyl (C=O) groups excluding carboxylic acids is 1. The van der Waals surface area contributed by atoms with Gasteiger partial charge in [-0.1, -0.05) is 38.0 Å². The van der Waals surface area contributed by atoms with Gasteiger partial charge in [0.05, 0.1) is 23.8 Å². The van der Waals surface area contributed by atoms with Crippen LogP contribution >= 0.6 is 11.8 Å². The van der Waals surface area contributed by atoms with Crippen LogP contribution in [-0.4, -0.2) is 48.3 Å². The summed E-state index contributed by atoms with van der Waals surface area (Å²) >= 11 is 1.45. The van der Waals surface area contributed by atoms with E-state index in [-0.39, 0.29) is 11.9 Å². The average molecular weight is 452 g/mol. The molecule has 3 fully saturated rings. The number of anilines is 1. The molecule has 0 N–H and O–H groups in total. The molecule has 1 saturated carbocycles. The Morgan fingerprint density at radius 2 is 1.84 bits per heavy atom. The Balaban J connectivity index is 1.44. The molecule has 5 rings (SSSR count). The normalized spacial score (nSPS) is 27.0. The predicted octanol–water partition coefficient (Wildman–Crippen LogP) is 5.30. The Morgan fingerprint density at radius 1 is 1.06 bits per heavy atom. The largest absolute Gasteiger partial charge is 0.441 e. The van der Waals surface area contributed by atoms with Gasteiger partial charge in [0.25, 0.3) is 5.91 Å². The number of aliphatic imine (C=N–C) groups is 1. The van der Waals surface area contributed by atoms with Gasteiger partial charge < -0.3 is 14.1 Å². The molecule has 0 spiro atoms. The topological polar surface area (TPSA) is 58.3 Å². The summed E-state index contributed by atoms with van der Waals surface area (Å²) < 4.78 is 11.5. The SMILES string of the molecule is C[C@H]1CCCC[C@@H]1N1C(=O)/C(=C/c2ccc(N3CCOCC3)o2)SC1=Nc1ccccc1. The lowest BCUT2D eigenvalue weighted by Crippen LogP contribution is -2.44. The molecule has 0 bridgehead atoms. The zero-order chi connectivity index (χ0) is 21.9. The minimum absolute atomic E-state index is 0.0350. The number of thioether (sulfide) groups is 1. The van der Waals surface area contributed by atoms with Crippen LogP contribution in [0.25, 0.3) is 6.08 Å². The van der Waals surface area contributed by atoms with Crippen molar-refractivity contribution in [1.82, 2.24) is 4.90 Å². The maximum absolute atomic E-state index is 13.6. The summed E-state index contributed by atoms with van der Waals surface area (Å²) in [5.41, 5.74) is 0.866. The van der Waals surface area contributed by atoms with E-state index in [0.717, 1.165) is 49.1 Å². The Bertz CT molecular complexity index is 1010. The molecule has 168 valence electrons. The van der Waals surface area contributed by atoms with Gasteiger partial charge in [0.15, 0.2) is 11.1 Å². The van der Waals surface area contributed by atoms with Crippen LogP contribution in [0.15, 0.2) is 56.8 Å². The summed E-state index contributed by atoms with van der Waals surface area (Å²) in [7, 11) is 0. The third kappa shape index (κ3) is 4.50. The first-order valence-corrected chi connectivity index (χ1v) is 12.3. The molecule has 32 heavy (non-hydrogen) atoms. The third-order valence-corrected chi connectivity index (χ3v) is 7.41. The van der Waals surface area contributed by atoms with Crippen molar-refractivity contribution in [2.75, 3.05) is 31.2 Å². The standard InChI is InChI=1S/C25H29N3O3S/c1-18-7-5-6-10-21(18)28-24(29)22(32-25(28)26-19-8-3-2-4-9-19)17-20-11-12-23(31-20)27-13-15-30-16-14-27/h2-4,8-9,11-12,17-18,21H,5-7,10,13-16H2,1H3/b22-17-,26-25?/t18-,21-/m0/s1. The maximum atomic E-state index is 13.6. The van der Waals surface area contributed by atoms with E-state index in [4.69, 9.17) is 14.1 Å². The van der Waals surface area contributed by atoms with Crippen molar-refractivity contribution < 1.29 is 13.9 Å². The molecule has 1 aromatic heterocycles. The number of nitrogens with zero attached hydrogens (tertiary/aromatic N) is 3. The molecule has 2 aliphatic heterocycles. The van der Waals surface area contributed by atoms with Gasteiger partial charge in [-0.25, -0.2) is 4.99 Å². The van der Waals surface area contributed by atoms with Gasteiger partial charge in [-0.3, -0.25) is 9.69 Å². The second kappa shape index (κ2) is 9.55. The number of para-hydroxylation sites is 1. The first kappa shape index (κ1) is 21.3. The van der Waals surface area contributed by atoms with Crippen molar-refractivity contribution in [3.63, 3.8) is 0 Å². The Kier molecular flexibility index (Phi) is 6.37. The summed E-state index contributed by atoms with van der Waals surface area (Å²) in [5, 5.41) is 0.770. The Morgan fingerprint density at radius 3 is 2.62 bits per heavy atom. The van der Waals surface area contributed by atoms with E-state index in [1.165, 1.54) is 18.2 Å². The zero-order valence-electron chi connectivity index (χ0n) is 18.4. The van der Waals surface area contributed by atoms with Crippen molar-refractivity contribution in [3.05, 3.63) is 53.1 Å². The van der Waals surface area contributed by atoms with Crippen LogP contribution in [0, 0.1) is 5.92 Å². The fraction of sp³-hybridized carbons (Fsp3) is 0.440. The fourth-order valence-corrected chi connectivity index (χ4v) is 5.68. The van der Waals surface area contributed by atoms with E-state index in [1.54, 1.807) is 0 Å². The molecule has 2 aromatic rings. The molecule has 1 amide bonds. The van der Waals surface area contributed by atoms with E-state index in [0.29, 0.717) is 29.8 Å². The highest BCUT2D eigenvalue weighted by Crippen LogP contribution is 2.40. The molecular formula is C25H29N3O3S. The smallest absolute Gasteiger partial charge is 0.267 e.